The lowest BCUT2D eigenvalue weighted by molar-refractivity contribution is 0.590. The smallest absolute Gasteiger partial charge is 0.163 e. The average Bonchev–Trinajstić information content (AvgIpc) is 2.81. The monoisotopic (exact) mass is 291 g/mol. The molecule has 4 heteroatoms. The van der Waals surface area contributed by atoms with E-state index in [0.29, 0.717) is 5.88 Å². The first kappa shape index (κ1) is 15.0. The molecule has 1 aromatic heterocycles. The molecule has 0 N–H and O–H groups in total. The van der Waals surface area contributed by atoms with E-state index in [2.05, 4.69) is 66.7 Å². The second-order valence-electron chi connectivity index (χ2n) is 6.05. The second kappa shape index (κ2) is 5.96. The number of halogens is 1. The van der Waals surface area contributed by atoms with Crippen molar-refractivity contribution in [1.29, 1.82) is 0 Å². The third-order valence-electron chi connectivity index (χ3n) is 3.40. The van der Waals surface area contributed by atoms with Crippen molar-refractivity contribution in [3.05, 3.63) is 35.7 Å². The molecule has 20 heavy (non-hydrogen) atoms. The molecule has 0 aliphatic heterocycles. The Hall–Kier alpha value is -1.35. The summed E-state index contributed by atoms with van der Waals surface area (Å²) < 4.78 is 2.11. The van der Waals surface area contributed by atoms with Gasteiger partial charge >= 0.3 is 0 Å². The minimum absolute atomic E-state index is 0.164. The molecule has 0 unspecified atom stereocenters. The maximum absolute atomic E-state index is 5.93. The predicted octanol–water partition coefficient (Wildman–Crippen LogP) is 4.39. The van der Waals surface area contributed by atoms with E-state index in [-0.39, 0.29) is 5.41 Å². The molecule has 0 saturated heterocycles. The highest BCUT2D eigenvalue weighted by atomic mass is 35.5. The summed E-state index contributed by atoms with van der Waals surface area (Å²) in [5, 5.41) is 8.48. The van der Waals surface area contributed by atoms with Gasteiger partial charge in [0.25, 0.3) is 0 Å². The van der Waals surface area contributed by atoms with E-state index in [1.807, 2.05) is 0 Å². The molecule has 108 valence electrons. The largest absolute Gasteiger partial charge is 0.310 e. The fourth-order valence-electron chi connectivity index (χ4n) is 2.23. The van der Waals surface area contributed by atoms with Gasteiger partial charge in [-0.05, 0) is 17.4 Å². The van der Waals surface area contributed by atoms with Crippen LogP contribution in [0.25, 0.3) is 11.4 Å². The first-order chi connectivity index (χ1) is 9.47. The summed E-state index contributed by atoms with van der Waals surface area (Å²) in [4.78, 5) is 0. The maximum Gasteiger partial charge on any atom is 0.163 e. The molecule has 3 nitrogen and oxygen atoms in total. The first-order valence-corrected chi connectivity index (χ1v) is 7.59. The summed E-state index contributed by atoms with van der Waals surface area (Å²) in [6, 6.07) is 8.57. The number of aromatic nitrogens is 3. The van der Waals surface area contributed by atoms with Gasteiger partial charge in [0.05, 0.1) is 5.88 Å². The van der Waals surface area contributed by atoms with Gasteiger partial charge in [-0.1, -0.05) is 52.0 Å². The molecule has 0 amide bonds. The minimum atomic E-state index is 0.164. The van der Waals surface area contributed by atoms with Gasteiger partial charge in [-0.2, -0.15) is 0 Å². The Bertz CT molecular complexity index is 564. The van der Waals surface area contributed by atoms with Crippen LogP contribution in [0, 0.1) is 0 Å². The SMILES string of the molecule is CCCn1c(CCl)nnc1-c1ccc(C(C)(C)C)cc1. The van der Waals surface area contributed by atoms with Crippen LogP contribution < -0.4 is 0 Å². The van der Waals surface area contributed by atoms with Crippen LogP contribution >= 0.6 is 11.6 Å². The Kier molecular flexibility index (Phi) is 4.48. The van der Waals surface area contributed by atoms with Crippen LogP contribution in [0.1, 0.15) is 45.5 Å². The van der Waals surface area contributed by atoms with Crippen molar-refractivity contribution in [3.63, 3.8) is 0 Å². The molecule has 0 saturated carbocycles. The van der Waals surface area contributed by atoms with Gasteiger partial charge in [-0.15, -0.1) is 21.8 Å². The topological polar surface area (TPSA) is 30.7 Å². The van der Waals surface area contributed by atoms with Crippen molar-refractivity contribution >= 4 is 11.6 Å². The summed E-state index contributed by atoms with van der Waals surface area (Å²) in [6.45, 7) is 9.68. The zero-order valence-electron chi connectivity index (χ0n) is 12.7. The lowest BCUT2D eigenvalue weighted by Crippen LogP contribution is -2.10. The Morgan fingerprint density at radius 2 is 1.75 bits per heavy atom. The number of nitrogens with zero attached hydrogens (tertiary/aromatic N) is 3. The molecule has 0 bridgehead atoms. The Labute approximate surface area is 126 Å². The highest BCUT2D eigenvalue weighted by Gasteiger charge is 2.16. The van der Waals surface area contributed by atoms with E-state index in [4.69, 9.17) is 11.6 Å². The van der Waals surface area contributed by atoms with Gasteiger partial charge in [-0.3, -0.25) is 0 Å². The molecule has 0 radical (unpaired) electrons. The molecule has 0 fully saturated rings. The summed E-state index contributed by atoms with van der Waals surface area (Å²) in [6.07, 6.45) is 1.04. The summed E-state index contributed by atoms with van der Waals surface area (Å²) in [5.74, 6) is 2.14. The zero-order chi connectivity index (χ0) is 14.8. The van der Waals surface area contributed by atoms with Crippen molar-refractivity contribution in [2.75, 3.05) is 0 Å². The van der Waals surface area contributed by atoms with Crippen molar-refractivity contribution in [2.24, 2.45) is 0 Å². The minimum Gasteiger partial charge on any atom is -0.310 e. The highest BCUT2D eigenvalue weighted by molar-refractivity contribution is 6.16. The van der Waals surface area contributed by atoms with Crippen molar-refractivity contribution < 1.29 is 0 Å². The lowest BCUT2D eigenvalue weighted by Gasteiger charge is -2.19. The third-order valence-corrected chi connectivity index (χ3v) is 3.64. The summed E-state index contributed by atoms with van der Waals surface area (Å²) in [7, 11) is 0. The quantitative estimate of drug-likeness (QED) is 0.782. The zero-order valence-corrected chi connectivity index (χ0v) is 13.4. The number of hydrogen-bond donors (Lipinski definition) is 0. The molecule has 1 aromatic carbocycles. The molecule has 0 aliphatic carbocycles. The highest BCUT2D eigenvalue weighted by Crippen LogP contribution is 2.26. The number of rotatable bonds is 4. The fourth-order valence-corrected chi connectivity index (χ4v) is 2.42. The van der Waals surface area contributed by atoms with Crippen LogP contribution in [0.5, 0.6) is 0 Å². The van der Waals surface area contributed by atoms with E-state index < -0.39 is 0 Å². The van der Waals surface area contributed by atoms with Gasteiger partial charge in [0.1, 0.15) is 5.82 Å². The first-order valence-electron chi connectivity index (χ1n) is 7.06. The Balaban J connectivity index is 2.39. The van der Waals surface area contributed by atoms with E-state index in [1.54, 1.807) is 0 Å². The van der Waals surface area contributed by atoms with Gasteiger partial charge in [0.2, 0.25) is 0 Å². The van der Waals surface area contributed by atoms with Crippen LogP contribution in [0.4, 0.5) is 0 Å². The van der Waals surface area contributed by atoms with E-state index in [1.165, 1.54) is 5.56 Å². The van der Waals surface area contributed by atoms with E-state index >= 15 is 0 Å². The molecule has 2 rings (SSSR count). The third kappa shape index (κ3) is 3.04. The van der Waals surface area contributed by atoms with Gasteiger partial charge in [0.15, 0.2) is 5.82 Å². The normalized spacial score (nSPS) is 11.8. The number of hydrogen-bond acceptors (Lipinski definition) is 2. The average molecular weight is 292 g/mol. The predicted molar refractivity (Wildman–Crippen MR) is 84.0 cm³/mol. The summed E-state index contributed by atoms with van der Waals surface area (Å²) in [5.41, 5.74) is 2.58. The van der Waals surface area contributed by atoms with E-state index in [9.17, 15) is 0 Å². The fraction of sp³-hybridized carbons (Fsp3) is 0.500. The molecular formula is C16H22ClN3. The van der Waals surface area contributed by atoms with Crippen LogP contribution in [-0.2, 0) is 17.8 Å². The molecule has 2 aromatic rings. The van der Waals surface area contributed by atoms with Crippen molar-refractivity contribution in [1.82, 2.24) is 14.8 Å². The number of alkyl halides is 1. The van der Waals surface area contributed by atoms with Crippen LogP contribution in [0.2, 0.25) is 0 Å². The van der Waals surface area contributed by atoms with Crippen molar-refractivity contribution in [3.8, 4) is 11.4 Å². The van der Waals surface area contributed by atoms with Gasteiger partial charge in [-0.25, -0.2) is 0 Å². The lowest BCUT2D eigenvalue weighted by atomic mass is 9.87. The van der Waals surface area contributed by atoms with Crippen LogP contribution in [0.15, 0.2) is 24.3 Å². The Morgan fingerprint density at radius 1 is 1.10 bits per heavy atom. The second-order valence-corrected chi connectivity index (χ2v) is 6.32. The van der Waals surface area contributed by atoms with E-state index in [0.717, 1.165) is 30.2 Å². The Morgan fingerprint density at radius 3 is 2.25 bits per heavy atom. The van der Waals surface area contributed by atoms with Gasteiger partial charge < -0.3 is 4.57 Å². The molecule has 0 atom stereocenters. The van der Waals surface area contributed by atoms with Gasteiger partial charge in [0, 0.05) is 12.1 Å². The molecule has 0 spiro atoms. The van der Waals surface area contributed by atoms with Crippen LogP contribution in [0.3, 0.4) is 0 Å². The maximum atomic E-state index is 5.93. The number of benzene rings is 1. The van der Waals surface area contributed by atoms with Crippen molar-refractivity contribution in [2.45, 2.75) is 52.0 Å². The standard InChI is InChI=1S/C16H22ClN3/c1-5-10-20-14(11-17)18-19-15(20)12-6-8-13(9-7-12)16(2,3)4/h6-9H,5,10-11H2,1-4H3. The molecule has 1 heterocycles. The summed E-state index contributed by atoms with van der Waals surface area (Å²) >= 11 is 5.93. The van der Waals surface area contributed by atoms with Crippen LogP contribution in [-0.4, -0.2) is 14.8 Å². The molecular weight excluding hydrogens is 270 g/mol. The molecule has 0 aliphatic rings.